The van der Waals surface area contributed by atoms with Crippen LogP contribution in [0.1, 0.15) is 0 Å². The maximum absolute atomic E-state index is 4.99. The van der Waals surface area contributed by atoms with Crippen LogP contribution in [0.4, 0.5) is 28.4 Å². The van der Waals surface area contributed by atoms with Gasteiger partial charge in [-0.3, -0.25) is 0 Å². The third kappa shape index (κ3) is 4.83. The smallest absolute Gasteiger partial charge is 0.0623 e. The number of allylic oxidation sites excluding steroid dienone is 2. The second kappa shape index (κ2) is 12.5. The highest BCUT2D eigenvalue weighted by Crippen LogP contribution is 2.45. The molecule has 0 spiro atoms. The van der Waals surface area contributed by atoms with Gasteiger partial charge < -0.3 is 14.4 Å². The predicted octanol–water partition coefficient (Wildman–Crippen LogP) is 12.0. The van der Waals surface area contributed by atoms with Crippen molar-refractivity contribution in [2.75, 3.05) is 9.80 Å². The number of hydrogen-bond acceptors (Lipinski definition) is 2. The molecule has 2 heterocycles. The van der Waals surface area contributed by atoms with Gasteiger partial charge in [-0.1, -0.05) is 128 Å². The molecule has 8 aromatic carbocycles. The van der Waals surface area contributed by atoms with Crippen LogP contribution in [0.2, 0.25) is 0 Å². The molecule has 0 saturated heterocycles. The molecule has 9 aromatic rings. The van der Waals surface area contributed by atoms with E-state index in [4.69, 9.17) is 6.58 Å². The van der Waals surface area contributed by atoms with Crippen LogP contribution in [0, 0.1) is 5.92 Å². The van der Waals surface area contributed by atoms with E-state index in [-0.39, 0.29) is 12.0 Å². The lowest BCUT2D eigenvalue weighted by Crippen LogP contribution is -2.40. The molecule has 2 aliphatic rings. The SMILES string of the molecule is C=c1/c2c3ccccc3c3cccc4c3c3c1c(ccc3n4-c1ccccc1)N(c1ccc(N(c3ccccc3)c3ccccc3)cc1)C1C=CC=CC1/C=2. The van der Waals surface area contributed by atoms with Crippen molar-refractivity contribution in [1.82, 2.24) is 4.57 Å². The van der Waals surface area contributed by atoms with Gasteiger partial charge in [-0.25, -0.2) is 0 Å². The van der Waals surface area contributed by atoms with Crippen LogP contribution in [0.5, 0.6) is 0 Å². The molecule has 2 atom stereocenters. The summed E-state index contributed by atoms with van der Waals surface area (Å²) >= 11 is 0. The van der Waals surface area contributed by atoms with Crippen molar-refractivity contribution >= 4 is 84.4 Å². The van der Waals surface area contributed by atoms with Gasteiger partial charge in [0.25, 0.3) is 0 Å². The summed E-state index contributed by atoms with van der Waals surface area (Å²) in [6, 6.07) is 61.5. The van der Waals surface area contributed by atoms with E-state index in [0.29, 0.717) is 0 Å². The monoisotopic (exact) mass is 703 g/mol. The fraction of sp³-hybridized carbons (Fsp3) is 0.0385. The molecule has 1 aromatic heterocycles. The zero-order valence-corrected chi connectivity index (χ0v) is 30.3. The van der Waals surface area contributed by atoms with Gasteiger partial charge in [-0.2, -0.15) is 0 Å². The zero-order valence-electron chi connectivity index (χ0n) is 30.3. The lowest BCUT2D eigenvalue weighted by atomic mass is 9.87. The molecule has 55 heavy (non-hydrogen) atoms. The van der Waals surface area contributed by atoms with Gasteiger partial charge in [0, 0.05) is 50.5 Å². The molecule has 3 heteroatoms. The molecular weight excluding hydrogens is 667 g/mol. The summed E-state index contributed by atoms with van der Waals surface area (Å²) in [5, 5.41) is 9.66. The van der Waals surface area contributed by atoms with Gasteiger partial charge in [-0.15, -0.1) is 0 Å². The van der Waals surface area contributed by atoms with E-state index >= 15 is 0 Å². The second-order valence-corrected chi connectivity index (χ2v) is 14.6. The highest BCUT2D eigenvalue weighted by atomic mass is 15.2. The predicted molar refractivity (Wildman–Crippen MR) is 234 cm³/mol. The van der Waals surface area contributed by atoms with Crippen molar-refractivity contribution in [3.05, 3.63) is 205 Å². The van der Waals surface area contributed by atoms with Gasteiger partial charge in [0.15, 0.2) is 0 Å². The number of para-hydroxylation sites is 3. The van der Waals surface area contributed by atoms with E-state index in [1.165, 1.54) is 48.6 Å². The first-order valence-electron chi connectivity index (χ1n) is 19.1. The molecule has 0 radical (unpaired) electrons. The van der Waals surface area contributed by atoms with Crippen molar-refractivity contribution in [3.8, 4) is 5.69 Å². The Morgan fingerprint density at radius 3 is 1.78 bits per heavy atom. The summed E-state index contributed by atoms with van der Waals surface area (Å²) in [5.41, 5.74) is 9.16. The first-order valence-corrected chi connectivity index (χ1v) is 19.1. The standard InChI is InChI=1S/C52H37N3/c1-35-45-34-36-16-11-14-26-46(36)54(41-30-28-40(29-31-41)53(37-17-5-2-6-18-37)38-19-7-3-8-20-38)48-32-33-49-52(50(35)48)51-44(42-23-12-13-24-43(42)45)25-15-27-47(51)55(49)39-21-9-4-10-22-39/h2-34,36,46H,1H2/b45-34+. The summed E-state index contributed by atoms with van der Waals surface area (Å²) in [7, 11) is 0. The highest BCUT2D eigenvalue weighted by Gasteiger charge is 2.31. The number of aromatic nitrogens is 1. The quantitative estimate of drug-likeness (QED) is 0.177. The summed E-state index contributed by atoms with van der Waals surface area (Å²) < 4.78 is 2.44. The summed E-state index contributed by atoms with van der Waals surface area (Å²) in [5.74, 6) is 0.113. The maximum Gasteiger partial charge on any atom is 0.0623 e. The second-order valence-electron chi connectivity index (χ2n) is 14.6. The first-order chi connectivity index (χ1) is 27.2. The topological polar surface area (TPSA) is 11.4 Å². The number of nitrogens with zero attached hydrogens (tertiary/aromatic N) is 3. The number of hydrogen-bond donors (Lipinski definition) is 0. The van der Waals surface area contributed by atoms with Crippen LogP contribution in [-0.4, -0.2) is 10.6 Å². The average Bonchev–Trinajstić information content (AvgIpc) is 3.58. The Labute approximate surface area is 319 Å². The Bertz CT molecular complexity index is 3070. The lowest BCUT2D eigenvalue weighted by Gasteiger charge is -2.38. The summed E-state index contributed by atoms with van der Waals surface area (Å²) in [6.45, 7) is 4.99. The minimum Gasteiger partial charge on any atom is -0.333 e. The Hall–Kier alpha value is -7.10. The molecule has 2 bridgehead atoms. The van der Waals surface area contributed by atoms with Crippen LogP contribution in [0.15, 0.2) is 194 Å². The lowest BCUT2D eigenvalue weighted by molar-refractivity contribution is 0.689. The van der Waals surface area contributed by atoms with E-state index in [0.717, 1.165) is 39.3 Å². The number of benzene rings is 7. The largest absolute Gasteiger partial charge is 0.333 e. The van der Waals surface area contributed by atoms with E-state index < -0.39 is 0 Å². The Morgan fingerprint density at radius 1 is 0.455 bits per heavy atom. The molecular formula is C52H37N3. The molecule has 2 unspecified atom stereocenters. The Morgan fingerprint density at radius 2 is 1.05 bits per heavy atom. The average molecular weight is 704 g/mol. The normalized spacial score (nSPS) is 16.7. The molecule has 1 aliphatic heterocycles. The van der Waals surface area contributed by atoms with Crippen LogP contribution >= 0.6 is 0 Å². The maximum atomic E-state index is 4.99. The Kier molecular flexibility index (Phi) is 7.14. The third-order valence-electron chi connectivity index (χ3n) is 11.6. The molecule has 0 N–H and O–H groups in total. The number of rotatable bonds is 5. The van der Waals surface area contributed by atoms with E-state index in [9.17, 15) is 0 Å². The van der Waals surface area contributed by atoms with Crippen LogP contribution in [0.25, 0.3) is 61.7 Å². The molecule has 260 valence electrons. The Balaban J connectivity index is 1.23. The fourth-order valence-electron chi connectivity index (χ4n) is 9.22. The van der Waals surface area contributed by atoms with Gasteiger partial charge in [-0.05, 0) is 105 Å². The highest BCUT2D eigenvalue weighted by molar-refractivity contribution is 6.29. The van der Waals surface area contributed by atoms with Gasteiger partial charge in [0.05, 0.1) is 22.8 Å². The van der Waals surface area contributed by atoms with Crippen molar-refractivity contribution in [1.29, 1.82) is 0 Å². The molecule has 11 rings (SSSR count). The third-order valence-corrected chi connectivity index (χ3v) is 11.6. The van der Waals surface area contributed by atoms with Crippen LogP contribution < -0.4 is 20.2 Å². The molecule has 0 fully saturated rings. The fourth-order valence-corrected chi connectivity index (χ4v) is 9.22. The van der Waals surface area contributed by atoms with E-state index in [1.54, 1.807) is 0 Å². The molecule has 0 saturated carbocycles. The molecule has 0 amide bonds. The molecule has 1 aliphatic carbocycles. The van der Waals surface area contributed by atoms with Crippen molar-refractivity contribution in [2.45, 2.75) is 6.04 Å². The van der Waals surface area contributed by atoms with E-state index in [1.807, 2.05) is 0 Å². The summed E-state index contributed by atoms with van der Waals surface area (Å²) in [4.78, 5) is 4.87. The van der Waals surface area contributed by atoms with Gasteiger partial charge in [0.1, 0.15) is 0 Å². The van der Waals surface area contributed by atoms with Crippen molar-refractivity contribution in [3.63, 3.8) is 0 Å². The van der Waals surface area contributed by atoms with Crippen LogP contribution in [0.3, 0.4) is 0 Å². The number of fused-ring (bicyclic) bond motifs is 5. The minimum atomic E-state index is 0.0445. The minimum absolute atomic E-state index is 0.0445. The van der Waals surface area contributed by atoms with Gasteiger partial charge in [0.2, 0.25) is 0 Å². The molecule has 3 nitrogen and oxygen atoms in total. The van der Waals surface area contributed by atoms with E-state index in [2.05, 4.69) is 215 Å². The van der Waals surface area contributed by atoms with Gasteiger partial charge >= 0.3 is 0 Å². The first kappa shape index (κ1) is 31.4. The zero-order chi connectivity index (χ0) is 36.5. The van der Waals surface area contributed by atoms with Crippen molar-refractivity contribution in [2.24, 2.45) is 5.92 Å². The summed E-state index contributed by atoms with van der Waals surface area (Å²) in [6.07, 6.45) is 11.6. The number of anilines is 5. The van der Waals surface area contributed by atoms with Crippen molar-refractivity contribution < 1.29 is 0 Å². The van der Waals surface area contributed by atoms with Crippen LogP contribution in [-0.2, 0) is 0 Å².